The molecule has 1 aromatic heterocycles. The van der Waals surface area contributed by atoms with Crippen LogP contribution in [0.1, 0.15) is 16.4 Å². The fourth-order valence-corrected chi connectivity index (χ4v) is 8.63. The summed E-state index contributed by atoms with van der Waals surface area (Å²) in [6.45, 7) is 4.68. The molecule has 9 heteroatoms. The minimum Gasteiger partial charge on any atom is -0.497 e. The van der Waals surface area contributed by atoms with Gasteiger partial charge in [0.1, 0.15) is 14.8 Å². The number of thiophene rings is 1. The van der Waals surface area contributed by atoms with Crippen molar-refractivity contribution in [3.05, 3.63) is 58.8 Å². The number of likely N-dealkylation sites (tertiary alicyclic amines) is 1. The molecular formula is C23H23N3O3S3. The van der Waals surface area contributed by atoms with Crippen LogP contribution in [0.5, 0.6) is 5.75 Å². The number of thioether (sulfide) groups is 1. The highest BCUT2D eigenvalue weighted by atomic mass is 32.2. The van der Waals surface area contributed by atoms with E-state index in [0.29, 0.717) is 23.2 Å². The number of hydrogen-bond donors (Lipinski definition) is 0. The molecular weight excluding hydrogens is 462 g/mol. The van der Waals surface area contributed by atoms with Crippen LogP contribution in [-0.4, -0.2) is 65.0 Å². The Bertz CT molecular complexity index is 1150. The van der Waals surface area contributed by atoms with Crippen molar-refractivity contribution >= 4 is 57.1 Å². The van der Waals surface area contributed by atoms with E-state index in [0.717, 1.165) is 16.1 Å². The van der Waals surface area contributed by atoms with Crippen LogP contribution in [0.15, 0.2) is 48.4 Å². The van der Waals surface area contributed by atoms with Gasteiger partial charge in [-0.1, -0.05) is 36.1 Å². The molecule has 3 atom stereocenters. The molecule has 4 heterocycles. The number of likely N-dealkylation sites (N-methyl/N-ethyl adjacent to an activating group) is 2. The number of methoxy groups -OCH3 is 1. The molecule has 6 nitrogen and oxygen atoms in total. The molecule has 5 rings (SSSR count). The number of hydrogen-bond acceptors (Lipinski definition) is 7. The number of fused-ring (bicyclic) bond motifs is 3. The summed E-state index contributed by atoms with van der Waals surface area (Å²) in [5.41, 5.74) is 0.368. The van der Waals surface area contributed by atoms with E-state index < -0.39 is 10.3 Å². The van der Waals surface area contributed by atoms with Crippen molar-refractivity contribution in [2.24, 2.45) is 0 Å². The molecule has 1 unspecified atom stereocenters. The largest absolute Gasteiger partial charge is 0.497 e. The van der Waals surface area contributed by atoms with Crippen LogP contribution < -0.4 is 9.64 Å². The van der Waals surface area contributed by atoms with Gasteiger partial charge in [0, 0.05) is 42.2 Å². The second-order valence-corrected chi connectivity index (χ2v) is 11.1. The lowest BCUT2D eigenvalue weighted by Gasteiger charge is -2.42. The second kappa shape index (κ2) is 7.41. The topological polar surface area (TPSA) is 53.1 Å². The molecule has 0 radical (unpaired) electrons. The zero-order valence-corrected chi connectivity index (χ0v) is 20.5. The van der Waals surface area contributed by atoms with Crippen LogP contribution in [0.4, 0.5) is 5.69 Å². The summed E-state index contributed by atoms with van der Waals surface area (Å²) in [5, 5.41) is 2.01. The third kappa shape index (κ3) is 2.42. The molecule has 0 bridgehead atoms. The highest BCUT2D eigenvalue weighted by Gasteiger charge is 2.78. The summed E-state index contributed by atoms with van der Waals surface area (Å²) in [6.07, 6.45) is 1.68. The molecule has 2 spiro atoms. The summed E-state index contributed by atoms with van der Waals surface area (Å²) < 4.78 is 4.87. The summed E-state index contributed by atoms with van der Waals surface area (Å²) in [7, 11) is 5.31. The molecule has 2 amide bonds. The van der Waals surface area contributed by atoms with Gasteiger partial charge in [-0.2, -0.15) is 0 Å². The third-order valence-corrected chi connectivity index (χ3v) is 9.78. The average Bonchev–Trinajstić information content (AvgIpc) is 3.51. The van der Waals surface area contributed by atoms with Gasteiger partial charge in [0.15, 0.2) is 5.54 Å². The summed E-state index contributed by atoms with van der Waals surface area (Å²) in [5.74, 6) is 0.196. The highest BCUT2D eigenvalue weighted by Crippen LogP contribution is 2.67. The number of carbonyl (C=O) groups is 2. The minimum atomic E-state index is -1.21. The molecule has 0 aliphatic carbocycles. The number of thiocarbonyl (C=S) groups is 1. The zero-order valence-electron chi connectivity index (χ0n) is 18.0. The van der Waals surface area contributed by atoms with Crippen molar-refractivity contribution in [3.8, 4) is 5.75 Å². The molecule has 1 aromatic carbocycles. The van der Waals surface area contributed by atoms with Crippen molar-refractivity contribution in [2.75, 3.05) is 39.2 Å². The van der Waals surface area contributed by atoms with Crippen LogP contribution in [0.3, 0.4) is 0 Å². The van der Waals surface area contributed by atoms with Gasteiger partial charge in [-0.3, -0.25) is 19.4 Å². The number of amides is 2. The van der Waals surface area contributed by atoms with E-state index in [1.807, 2.05) is 47.7 Å². The van der Waals surface area contributed by atoms with Crippen molar-refractivity contribution in [3.63, 3.8) is 0 Å². The van der Waals surface area contributed by atoms with Crippen LogP contribution in [0.25, 0.3) is 0 Å². The van der Waals surface area contributed by atoms with Gasteiger partial charge in [0.25, 0.3) is 5.91 Å². The number of ether oxygens (including phenoxy) is 1. The Morgan fingerprint density at radius 1 is 1.28 bits per heavy atom. The molecule has 166 valence electrons. The Morgan fingerprint density at radius 2 is 2.06 bits per heavy atom. The Hall–Kier alpha value is -2.20. The normalized spacial score (nSPS) is 29.6. The first-order valence-corrected chi connectivity index (χ1v) is 12.3. The fraction of sp³-hybridized carbons (Fsp3) is 0.348. The van der Waals surface area contributed by atoms with E-state index in [9.17, 15) is 9.59 Å². The molecule has 0 saturated carbocycles. The Labute approximate surface area is 200 Å². The lowest BCUT2D eigenvalue weighted by molar-refractivity contribution is -0.138. The van der Waals surface area contributed by atoms with Crippen molar-refractivity contribution < 1.29 is 14.3 Å². The van der Waals surface area contributed by atoms with Gasteiger partial charge in [0.05, 0.1) is 7.11 Å². The molecule has 0 N–H and O–H groups in total. The molecule has 3 aliphatic rings. The van der Waals surface area contributed by atoms with Gasteiger partial charge < -0.3 is 9.64 Å². The first-order valence-electron chi connectivity index (χ1n) is 10.2. The Kier molecular flexibility index (Phi) is 5.01. The summed E-state index contributed by atoms with van der Waals surface area (Å²) >= 11 is 8.67. The molecule has 2 aromatic rings. The third-order valence-electron chi connectivity index (χ3n) is 6.86. The maximum Gasteiger partial charge on any atom is 0.254 e. The maximum atomic E-state index is 14.3. The smallest absolute Gasteiger partial charge is 0.254 e. The number of rotatable bonds is 4. The van der Waals surface area contributed by atoms with Crippen molar-refractivity contribution in [2.45, 2.75) is 16.2 Å². The predicted octanol–water partition coefficient (Wildman–Crippen LogP) is 3.44. The van der Waals surface area contributed by atoms with Crippen molar-refractivity contribution in [1.29, 1.82) is 0 Å². The fourth-order valence-electron chi connectivity index (χ4n) is 5.53. The van der Waals surface area contributed by atoms with Crippen LogP contribution in [0.2, 0.25) is 0 Å². The minimum absolute atomic E-state index is 0.119. The van der Waals surface area contributed by atoms with Gasteiger partial charge in [-0.15, -0.1) is 17.9 Å². The molecule has 32 heavy (non-hydrogen) atoms. The van der Waals surface area contributed by atoms with Crippen LogP contribution in [0, 0.1) is 0 Å². The van der Waals surface area contributed by atoms with E-state index >= 15 is 0 Å². The lowest BCUT2D eigenvalue weighted by atomic mass is 9.73. The van der Waals surface area contributed by atoms with Gasteiger partial charge >= 0.3 is 0 Å². The standard InChI is InChI=1S/C23H23N3O3S3/c1-5-10-26-20(28)23(32-21(26)30)16(18-7-6-11-31-18)13-24(2)22(23)15-12-14(29-4)8-9-17(15)25(3)19(22)27/h5-9,11-12,16H,1,10,13H2,2-4H3/t16?,22-,23+/m1/s1. The van der Waals surface area contributed by atoms with Gasteiger partial charge in [0.2, 0.25) is 5.91 Å². The summed E-state index contributed by atoms with van der Waals surface area (Å²) in [4.78, 5) is 34.9. The van der Waals surface area contributed by atoms with E-state index in [2.05, 4.69) is 6.58 Å². The Balaban J connectivity index is 1.84. The van der Waals surface area contributed by atoms with Gasteiger partial charge in [-0.25, -0.2) is 0 Å². The average molecular weight is 486 g/mol. The predicted molar refractivity (Wildman–Crippen MR) is 133 cm³/mol. The van der Waals surface area contributed by atoms with Crippen LogP contribution >= 0.6 is 35.3 Å². The first kappa shape index (κ1) is 21.6. The lowest BCUT2D eigenvalue weighted by Crippen LogP contribution is -2.62. The quantitative estimate of drug-likeness (QED) is 0.489. The number of carbonyl (C=O) groups excluding carboxylic acids is 2. The second-order valence-electron chi connectivity index (χ2n) is 8.21. The summed E-state index contributed by atoms with van der Waals surface area (Å²) in [6, 6.07) is 9.68. The molecule has 2 fully saturated rings. The van der Waals surface area contributed by atoms with E-state index in [1.54, 1.807) is 41.4 Å². The monoisotopic (exact) mass is 485 g/mol. The maximum absolute atomic E-state index is 14.3. The van der Waals surface area contributed by atoms with E-state index in [1.165, 1.54) is 11.8 Å². The number of nitrogens with zero attached hydrogens (tertiary/aromatic N) is 3. The first-order chi connectivity index (χ1) is 15.3. The van der Waals surface area contributed by atoms with Crippen molar-refractivity contribution in [1.82, 2.24) is 9.80 Å². The zero-order chi connectivity index (χ0) is 22.8. The number of anilines is 1. The highest BCUT2D eigenvalue weighted by molar-refractivity contribution is 8.25. The molecule has 3 aliphatic heterocycles. The van der Waals surface area contributed by atoms with E-state index in [4.69, 9.17) is 17.0 Å². The van der Waals surface area contributed by atoms with E-state index in [-0.39, 0.29) is 17.7 Å². The Morgan fingerprint density at radius 3 is 2.72 bits per heavy atom. The molecule has 2 saturated heterocycles. The van der Waals surface area contributed by atoms with Crippen LogP contribution in [-0.2, 0) is 15.1 Å². The number of benzene rings is 1. The SMILES string of the molecule is C=CCN1C(=O)[C@@]2(SC1=S)C(c1cccs1)CN(C)[C@]21C(=O)N(C)c2ccc(OC)cc21. The van der Waals surface area contributed by atoms with Gasteiger partial charge in [-0.05, 0) is 36.7 Å².